The average Bonchev–Trinajstić information content (AvgIpc) is 3.03. The largest absolute Gasteiger partial charge is 0.342 e. The monoisotopic (exact) mass is 390 g/mol. The fraction of sp³-hybridized carbons (Fsp3) is 0.778. The van der Waals surface area contributed by atoms with Gasteiger partial charge in [-0.1, -0.05) is 12.8 Å². The third kappa shape index (κ3) is 4.89. The van der Waals surface area contributed by atoms with Crippen molar-refractivity contribution in [2.75, 3.05) is 13.1 Å². The van der Waals surface area contributed by atoms with Gasteiger partial charge in [0, 0.05) is 31.4 Å². The summed E-state index contributed by atoms with van der Waals surface area (Å²) in [5.74, 6) is 0.836. The van der Waals surface area contributed by atoms with E-state index < -0.39 is 0 Å². The predicted molar refractivity (Wildman–Crippen MR) is 106 cm³/mol. The number of halogens is 2. The molecule has 7 heteroatoms. The highest BCUT2D eigenvalue weighted by atomic mass is 35.5. The van der Waals surface area contributed by atoms with Gasteiger partial charge < -0.3 is 10.6 Å². The van der Waals surface area contributed by atoms with Gasteiger partial charge in [0.15, 0.2) is 0 Å². The molecule has 0 spiro atoms. The van der Waals surface area contributed by atoms with Gasteiger partial charge in [-0.05, 0) is 51.0 Å². The molecule has 1 aromatic heterocycles. The zero-order valence-corrected chi connectivity index (χ0v) is 17.0. The van der Waals surface area contributed by atoms with Crippen LogP contribution in [0.25, 0.3) is 0 Å². The van der Waals surface area contributed by atoms with Crippen molar-refractivity contribution in [3.8, 4) is 0 Å². The Bertz CT molecular complexity index is 553. The summed E-state index contributed by atoms with van der Waals surface area (Å²) in [6.45, 7) is 6.78. The Kier molecular flexibility index (Phi) is 8.23. The van der Waals surface area contributed by atoms with Crippen molar-refractivity contribution in [1.29, 1.82) is 0 Å². The number of hydrogen-bond acceptors (Lipinski definition) is 3. The first-order valence-electron chi connectivity index (χ1n) is 9.11. The maximum atomic E-state index is 12.9. The van der Waals surface area contributed by atoms with Crippen molar-refractivity contribution in [1.82, 2.24) is 14.7 Å². The Hall–Kier alpha value is -0.780. The van der Waals surface area contributed by atoms with E-state index >= 15 is 0 Å². The minimum atomic E-state index is -0.325. The van der Waals surface area contributed by atoms with E-state index in [1.807, 2.05) is 10.9 Å². The van der Waals surface area contributed by atoms with E-state index in [0.29, 0.717) is 5.92 Å². The van der Waals surface area contributed by atoms with Crippen molar-refractivity contribution in [3.63, 3.8) is 0 Å². The maximum Gasteiger partial charge on any atom is 0.227 e. The van der Waals surface area contributed by atoms with Crippen LogP contribution in [0.3, 0.4) is 0 Å². The summed E-state index contributed by atoms with van der Waals surface area (Å²) in [5, 5.41) is 4.38. The second-order valence-corrected chi connectivity index (χ2v) is 7.53. The molecule has 2 N–H and O–H groups in total. The quantitative estimate of drug-likeness (QED) is 0.859. The lowest BCUT2D eigenvalue weighted by Gasteiger charge is -2.41. The van der Waals surface area contributed by atoms with E-state index in [0.717, 1.165) is 58.2 Å². The van der Waals surface area contributed by atoms with E-state index in [-0.39, 0.29) is 42.2 Å². The second kappa shape index (κ2) is 9.24. The van der Waals surface area contributed by atoms with Gasteiger partial charge in [-0.25, -0.2) is 0 Å². The van der Waals surface area contributed by atoms with E-state index in [9.17, 15) is 4.79 Å². The molecule has 2 atom stereocenters. The lowest BCUT2D eigenvalue weighted by Crippen LogP contribution is -2.54. The van der Waals surface area contributed by atoms with E-state index in [4.69, 9.17) is 5.73 Å². The third-order valence-corrected chi connectivity index (χ3v) is 5.81. The summed E-state index contributed by atoms with van der Waals surface area (Å²) < 4.78 is 1.98. The molecule has 1 aromatic rings. The van der Waals surface area contributed by atoms with Gasteiger partial charge >= 0.3 is 0 Å². The molecule has 1 saturated carbocycles. The van der Waals surface area contributed by atoms with Crippen molar-refractivity contribution in [2.24, 2.45) is 11.7 Å². The number of piperidine rings is 1. The van der Waals surface area contributed by atoms with Crippen molar-refractivity contribution in [3.05, 3.63) is 18.0 Å². The van der Waals surface area contributed by atoms with Crippen LogP contribution >= 0.6 is 24.8 Å². The van der Waals surface area contributed by atoms with Gasteiger partial charge in [-0.2, -0.15) is 5.10 Å². The van der Waals surface area contributed by atoms with Crippen molar-refractivity contribution < 1.29 is 4.79 Å². The third-order valence-electron chi connectivity index (χ3n) is 5.81. The summed E-state index contributed by atoms with van der Waals surface area (Å²) >= 11 is 0. The zero-order chi connectivity index (χ0) is 16.4. The van der Waals surface area contributed by atoms with Crippen molar-refractivity contribution in [2.45, 2.75) is 70.4 Å². The molecule has 3 rings (SSSR count). The number of nitrogens with two attached hydrogens (primary N) is 1. The molecule has 0 bridgehead atoms. The summed E-state index contributed by atoms with van der Waals surface area (Å²) in [7, 11) is 0. The fourth-order valence-corrected chi connectivity index (χ4v) is 4.18. The van der Waals surface area contributed by atoms with E-state index in [2.05, 4.69) is 30.0 Å². The highest BCUT2D eigenvalue weighted by molar-refractivity contribution is 5.85. The summed E-state index contributed by atoms with van der Waals surface area (Å²) in [6, 6.07) is 0. The first-order chi connectivity index (χ1) is 11.0. The molecular weight excluding hydrogens is 359 g/mol. The SMILES string of the molecule is CCn1cc(C2CCN(C(=O)C3CCCCC3(C)N)CC2)cn1.Cl.Cl. The van der Waals surface area contributed by atoms with E-state index in [1.54, 1.807) is 0 Å². The number of carbonyl (C=O) groups excluding carboxylic acids is 1. The predicted octanol–water partition coefficient (Wildman–Crippen LogP) is 3.36. The molecular formula is C18H32Cl2N4O. The van der Waals surface area contributed by atoms with Gasteiger partial charge in [0.1, 0.15) is 0 Å². The van der Waals surface area contributed by atoms with Crippen LogP contribution in [-0.4, -0.2) is 39.2 Å². The Morgan fingerprint density at radius 3 is 2.52 bits per heavy atom. The first kappa shape index (κ1) is 22.3. The molecule has 5 nitrogen and oxygen atoms in total. The van der Waals surface area contributed by atoms with Crippen LogP contribution in [0.2, 0.25) is 0 Å². The van der Waals surface area contributed by atoms with Crippen LogP contribution in [0.4, 0.5) is 0 Å². The van der Waals surface area contributed by atoms with Crippen LogP contribution in [-0.2, 0) is 11.3 Å². The number of likely N-dealkylation sites (tertiary alicyclic amines) is 1. The molecule has 0 radical (unpaired) electrons. The number of carbonyl (C=O) groups is 1. The van der Waals surface area contributed by atoms with Crippen LogP contribution < -0.4 is 5.73 Å². The average molecular weight is 391 g/mol. The molecule has 1 saturated heterocycles. The standard InChI is InChI=1S/C18H30N4O.2ClH/c1-3-22-13-15(12-20-22)14-7-10-21(11-8-14)17(23)16-6-4-5-9-18(16,2)19;;/h12-14,16H,3-11,19H2,1-2H3;2*1H. The fourth-order valence-electron chi connectivity index (χ4n) is 4.18. The van der Waals surface area contributed by atoms with Crippen LogP contribution in [0, 0.1) is 5.92 Å². The molecule has 2 unspecified atom stereocenters. The maximum absolute atomic E-state index is 12.9. The smallest absolute Gasteiger partial charge is 0.227 e. The van der Waals surface area contributed by atoms with Gasteiger partial charge in [-0.3, -0.25) is 9.48 Å². The zero-order valence-electron chi connectivity index (χ0n) is 15.3. The minimum absolute atomic E-state index is 0. The van der Waals surface area contributed by atoms with Crippen LogP contribution in [0.1, 0.15) is 63.9 Å². The Balaban J connectivity index is 0.00000156. The van der Waals surface area contributed by atoms with E-state index in [1.165, 1.54) is 5.56 Å². The second-order valence-electron chi connectivity index (χ2n) is 7.53. The molecule has 2 aliphatic rings. The molecule has 0 aromatic carbocycles. The number of aryl methyl sites for hydroxylation is 1. The summed E-state index contributed by atoms with van der Waals surface area (Å²) in [5.41, 5.74) is 7.40. The molecule has 1 aliphatic carbocycles. The Labute approximate surface area is 163 Å². The lowest BCUT2D eigenvalue weighted by molar-refractivity contribution is -0.140. The molecule has 25 heavy (non-hydrogen) atoms. The normalized spacial score (nSPS) is 27.3. The highest BCUT2D eigenvalue weighted by Gasteiger charge is 2.40. The van der Waals surface area contributed by atoms with Gasteiger partial charge in [0.25, 0.3) is 0 Å². The molecule has 2 heterocycles. The lowest BCUT2D eigenvalue weighted by atomic mass is 9.73. The molecule has 1 aliphatic heterocycles. The Morgan fingerprint density at radius 1 is 1.28 bits per heavy atom. The molecule has 2 fully saturated rings. The number of rotatable bonds is 3. The number of nitrogens with zero attached hydrogens (tertiary/aromatic N) is 3. The van der Waals surface area contributed by atoms with Crippen LogP contribution in [0.15, 0.2) is 12.4 Å². The molecule has 1 amide bonds. The van der Waals surface area contributed by atoms with Crippen LogP contribution in [0.5, 0.6) is 0 Å². The first-order valence-corrected chi connectivity index (χ1v) is 9.11. The molecule has 144 valence electrons. The van der Waals surface area contributed by atoms with Gasteiger partial charge in [-0.15, -0.1) is 24.8 Å². The van der Waals surface area contributed by atoms with Gasteiger partial charge in [0.2, 0.25) is 5.91 Å². The topological polar surface area (TPSA) is 64.2 Å². The summed E-state index contributed by atoms with van der Waals surface area (Å²) in [4.78, 5) is 14.9. The number of aromatic nitrogens is 2. The Morgan fingerprint density at radius 2 is 1.96 bits per heavy atom. The number of hydrogen-bond donors (Lipinski definition) is 1. The van der Waals surface area contributed by atoms with Gasteiger partial charge in [0.05, 0.1) is 12.1 Å². The minimum Gasteiger partial charge on any atom is -0.342 e. The highest BCUT2D eigenvalue weighted by Crippen LogP contribution is 2.35. The van der Waals surface area contributed by atoms with Crippen molar-refractivity contribution >= 4 is 30.7 Å². The summed E-state index contributed by atoms with van der Waals surface area (Å²) in [6.07, 6.45) is 10.4. The number of amides is 1.